The van der Waals surface area contributed by atoms with Crippen molar-refractivity contribution in [2.45, 2.75) is 45.4 Å². The van der Waals surface area contributed by atoms with Gasteiger partial charge in [-0.3, -0.25) is 0 Å². The summed E-state index contributed by atoms with van der Waals surface area (Å²) in [5, 5.41) is 0. The molecule has 0 saturated heterocycles. The van der Waals surface area contributed by atoms with E-state index in [2.05, 4.69) is 38.1 Å². The molecular formula is C14H19. The number of rotatable bonds is 2. The van der Waals surface area contributed by atoms with Crippen LogP contribution in [0.2, 0.25) is 0 Å². The van der Waals surface area contributed by atoms with E-state index in [-0.39, 0.29) is 0 Å². The first-order valence-electron chi connectivity index (χ1n) is 5.68. The van der Waals surface area contributed by atoms with Crippen molar-refractivity contribution >= 4 is 0 Å². The van der Waals surface area contributed by atoms with Crippen molar-refractivity contribution in [3.8, 4) is 0 Å². The summed E-state index contributed by atoms with van der Waals surface area (Å²) in [6, 6.07) is 9.09. The molecule has 0 spiro atoms. The summed E-state index contributed by atoms with van der Waals surface area (Å²) in [5.74, 6) is 2.26. The van der Waals surface area contributed by atoms with Crippen LogP contribution in [-0.2, 0) is 0 Å². The van der Waals surface area contributed by atoms with Gasteiger partial charge in [-0.1, -0.05) is 51.0 Å². The Morgan fingerprint density at radius 3 is 2.50 bits per heavy atom. The molecule has 1 radical (unpaired) electrons. The van der Waals surface area contributed by atoms with Gasteiger partial charge in [-0.2, -0.15) is 0 Å². The zero-order chi connectivity index (χ0) is 9.97. The molecule has 0 nitrogen and oxygen atoms in total. The maximum Gasteiger partial charge on any atom is -0.00119 e. The van der Waals surface area contributed by atoms with E-state index in [1.807, 2.05) is 0 Å². The second-order valence-electron chi connectivity index (χ2n) is 4.61. The molecule has 1 aliphatic carbocycles. The van der Waals surface area contributed by atoms with Crippen LogP contribution < -0.4 is 0 Å². The second kappa shape index (κ2) is 4.16. The van der Waals surface area contributed by atoms with Gasteiger partial charge in [0.2, 0.25) is 0 Å². The summed E-state index contributed by atoms with van der Waals surface area (Å²) in [7, 11) is 0. The topological polar surface area (TPSA) is 0 Å². The average molecular weight is 187 g/mol. The van der Waals surface area contributed by atoms with E-state index in [1.54, 1.807) is 5.56 Å². The Morgan fingerprint density at radius 2 is 1.86 bits per heavy atom. The Kier molecular flexibility index (Phi) is 2.90. The van der Waals surface area contributed by atoms with E-state index in [0.29, 0.717) is 0 Å². The third-order valence-corrected chi connectivity index (χ3v) is 3.29. The second-order valence-corrected chi connectivity index (χ2v) is 4.61. The Balaban J connectivity index is 2.21. The Hall–Kier alpha value is -0.780. The number of benzene rings is 1. The van der Waals surface area contributed by atoms with Gasteiger partial charge >= 0.3 is 0 Å². The third-order valence-electron chi connectivity index (χ3n) is 3.29. The predicted molar refractivity (Wildman–Crippen MR) is 61.3 cm³/mol. The molecule has 1 fully saturated rings. The predicted octanol–water partition coefficient (Wildman–Crippen LogP) is 4.31. The molecule has 1 aliphatic rings. The third kappa shape index (κ3) is 2.00. The molecule has 0 heterocycles. The summed E-state index contributed by atoms with van der Waals surface area (Å²) in [6.07, 6.45) is 5.63. The standard InChI is InChI=1S/C14H19/c1-11(2)13-8-5-9-14(10-13)12-6-3-4-7-12/h5,8-10,12H,3-4,6-7H2,1-2H3. The lowest BCUT2D eigenvalue weighted by Crippen LogP contribution is -1.95. The molecule has 1 aromatic rings. The van der Waals surface area contributed by atoms with Crippen LogP contribution >= 0.6 is 0 Å². The Bertz CT molecular complexity index is 293. The number of hydrogen-bond acceptors (Lipinski definition) is 0. The molecule has 0 aromatic heterocycles. The van der Waals surface area contributed by atoms with Crippen LogP contribution in [-0.4, -0.2) is 0 Å². The lowest BCUT2D eigenvalue weighted by Gasteiger charge is -2.12. The van der Waals surface area contributed by atoms with Crippen molar-refractivity contribution < 1.29 is 0 Å². The molecule has 0 amide bonds. The first kappa shape index (κ1) is 9.76. The molecule has 2 rings (SSSR count). The van der Waals surface area contributed by atoms with E-state index in [4.69, 9.17) is 0 Å². The molecule has 0 unspecified atom stereocenters. The van der Waals surface area contributed by atoms with Crippen LogP contribution in [0.4, 0.5) is 0 Å². The highest BCUT2D eigenvalue weighted by Gasteiger charge is 2.17. The lowest BCUT2D eigenvalue weighted by atomic mass is 9.93. The van der Waals surface area contributed by atoms with E-state index in [9.17, 15) is 0 Å². The SMILES string of the molecule is C[C](C)c1cccc(C2CCCC2)c1. The summed E-state index contributed by atoms with van der Waals surface area (Å²) in [6.45, 7) is 4.38. The van der Waals surface area contributed by atoms with Gasteiger partial charge < -0.3 is 0 Å². The van der Waals surface area contributed by atoms with E-state index in [0.717, 1.165) is 5.92 Å². The molecule has 0 atom stereocenters. The lowest BCUT2D eigenvalue weighted by molar-refractivity contribution is 0.722. The highest BCUT2D eigenvalue weighted by molar-refractivity contribution is 5.34. The molecule has 0 heteroatoms. The summed E-state index contributed by atoms with van der Waals surface area (Å²) >= 11 is 0. The van der Waals surface area contributed by atoms with Gasteiger partial charge in [0.05, 0.1) is 0 Å². The molecule has 0 N–H and O–H groups in total. The smallest absolute Gasteiger partial charge is 0.00119 e. The summed E-state index contributed by atoms with van der Waals surface area (Å²) in [5.41, 5.74) is 2.97. The van der Waals surface area contributed by atoms with Crippen LogP contribution in [0.15, 0.2) is 24.3 Å². The van der Waals surface area contributed by atoms with Gasteiger partial charge in [-0.25, -0.2) is 0 Å². The Labute approximate surface area is 87.3 Å². The van der Waals surface area contributed by atoms with Gasteiger partial charge in [-0.15, -0.1) is 0 Å². The fraction of sp³-hybridized carbons (Fsp3) is 0.500. The molecular weight excluding hydrogens is 168 g/mol. The first-order valence-corrected chi connectivity index (χ1v) is 5.68. The maximum absolute atomic E-state index is 2.38. The molecule has 14 heavy (non-hydrogen) atoms. The summed E-state index contributed by atoms with van der Waals surface area (Å²) in [4.78, 5) is 0. The minimum absolute atomic E-state index is 0.842. The highest BCUT2D eigenvalue weighted by Crippen LogP contribution is 2.34. The van der Waals surface area contributed by atoms with Gasteiger partial charge in [0, 0.05) is 0 Å². The van der Waals surface area contributed by atoms with E-state index < -0.39 is 0 Å². The van der Waals surface area contributed by atoms with Crippen LogP contribution in [0.1, 0.15) is 56.6 Å². The van der Waals surface area contributed by atoms with Gasteiger partial charge in [0.1, 0.15) is 0 Å². The average Bonchev–Trinajstić information content (AvgIpc) is 2.71. The van der Waals surface area contributed by atoms with E-state index in [1.165, 1.54) is 37.2 Å². The van der Waals surface area contributed by atoms with Crippen LogP contribution in [0, 0.1) is 5.92 Å². The quantitative estimate of drug-likeness (QED) is 0.647. The summed E-state index contributed by atoms with van der Waals surface area (Å²) < 4.78 is 0. The number of hydrogen-bond donors (Lipinski definition) is 0. The van der Waals surface area contributed by atoms with Gasteiger partial charge in [0.25, 0.3) is 0 Å². The molecule has 0 aliphatic heterocycles. The maximum atomic E-state index is 2.38. The van der Waals surface area contributed by atoms with Crippen LogP contribution in [0.5, 0.6) is 0 Å². The molecule has 75 valence electrons. The van der Waals surface area contributed by atoms with Crippen LogP contribution in [0.3, 0.4) is 0 Å². The van der Waals surface area contributed by atoms with Crippen LogP contribution in [0.25, 0.3) is 0 Å². The van der Waals surface area contributed by atoms with Crippen molar-refractivity contribution in [2.75, 3.05) is 0 Å². The minimum Gasteiger partial charge on any atom is -0.0617 e. The largest absolute Gasteiger partial charge is 0.0617 e. The van der Waals surface area contributed by atoms with Gasteiger partial charge in [-0.05, 0) is 35.8 Å². The van der Waals surface area contributed by atoms with Crippen molar-refractivity contribution in [3.63, 3.8) is 0 Å². The monoisotopic (exact) mass is 187 g/mol. The van der Waals surface area contributed by atoms with E-state index >= 15 is 0 Å². The fourth-order valence-electron chi connectivity index (χ4n) is 2.36. The van der Waals surface area contributed by atoms with Crippen molar-refractivity contribution in [1.82, 2.24) is 0 Å². The minimum atomic E-state index is 0.842. The van der Waals surface area contributed by atoms with Gasteiger partial charge in [0.15, 0.2) is 0 Å². The Morgan fingerprint density at radius 1 is 1.14 bits per heavy atom. The molecule has 1 saturated carbocycles. The van der Waals surface area contributed by atoms with Crippen molar-refractivity contribution in [2.24, 2.45) is 0 Å². The highest BCUT2D eigenvalue weighted by atomic mass is 14.2. The normalized spacial score (nSPS) is 17.9. The van der Waals surface area contributed by atoms with Crippen molar-refractivity contribution in [1.29, 1.82) is 0 Å². The zero-order valence-corrected chi connectivity index (χ0v) is 9.22. The van der Waals surface area contributed by atoms with Crippen molar-refractivity contribution in [3.05, 3.63) is 41.3 Å². The first-order chi connectivity index (χ1) is 6.77. The zero-order valence-electron chi connectivity index (χ0n) is 9.22. The molecule has 0 bridgehead atoms. The fourth-order valence-corrected chi connectivity index (χ4v) is 2.36. The molecule has 1 aromatic carbocycles.